The number of hydrogen-bond donors (Lipinski definition) is 0. The molecule has 1 fully saturated rings. The minimum Gasteiger partial charge on any atom is -0.309 e. The lowest BCUT2D eigenvalue weighted by molar-refractivity contribution is 0.445. The average molecular weight is 656 g/mol. The fraction of sp³-hybridized carbons (Fsp3) is 0.120. The van der Waals surface area contributed by atoms with Crippen LogP contribution in [0.25, 0.3) is 54.9 Å². The molecule has 0 bridgehead atoms. The molecule has 1 aliphatic rings. The number of anilines is 3. The van der Waals surface area contributed by atoms with Crippen LogP contribution in [-0.2, 0) is 0 Å². The van der Waals surface area contributed by atoms with E-state index in [-0.39, 0.29) is 0 Å². The van der Waals surface area contributed by atoms with E-state index in [1.807, 2.05) is 0 Å². The fourth-order valence-corrected chi connectivity index (χ4v) is 8.35. The van der Waals surface area contributed by atoms with Crippen LogP contribution in [0.15, 0.2) is 182 Å². The third-order valence-electron chi connectivity index (χ3n) is 10.9. The molecule has 0 aliphatic heterocycles. The molecule has 1 saturated carbocycles. The van der Waals surface area contributed by atoms with Gasteiger partial charge in [-0.15, -0.1) is 0 Å². The molecule has 0 heterocycles. The SMILES string of the molecule is c1ccc(-c2ccc(-c3ccccc3N(c3ccc4ccccc4c3)c3ccccc3-c3cccc4cccc(C5CCCCC5)c34)cc2)cc1. The molecule has 0 atom stereocenters. The largest absolute Gasteiger partial charge is 0.309 e. The lowest BCUT2D eigenvalue weighted by atomic mass is 9.80. The van der Waals surface area contributed by atoms with Gasteiger partial charge in [0.2, 0.25) is 0 Å². The highest BCUT2D eigenvalue weighted by molar-refractivity contribution is 6.04. The molecule has 1 heteroatoms. The molecule has 0 unspecified atom stereocenters. The molecule has 9 rings (SSSR count). The van der Waals surface area contributed by atoms with E-state index in [2.05, 4.69) is 187 Å². The van der Waals surface area contributed by atoms with Crippen molar-refractivity contribution in [3.05, 3.63) is 188 Å². The molecule has 1 aliphatic carbocycles. The topological polar surface area (TPSA) is 3.24 Å². The number of hydrogen-bond acceptors (Lipinski definition) is 1. The smallest absolute Gasteiger partial charge is 0.0540 e. The third-order valence-corrected chi connectivity index (χ3v) is 10.9. The van der Waals surface area contributed by atoms with Crippen LogP contribution in [0.5, 0.6) is 0 Å². The van der Waals surface area contributed by atoms with E-state index in [4.69, 9.17) is 0 Å². The quantitative estimate of drug-likeness (QED) is 0.165. The standard InChI is InChI=1S/C50H41N/c1-3-15-36(16-4-1)38-29-31-40(32-30-38)44-23-9-11-27-48(44)51(43-34-33-37-17-7-8-20-42(37)35-43)49-28-12-10-24-46(49)47-26-14-22-41-21-13-25-45(50(41)47)39-18-5-2-6-19-39/h1,3-4,7-17,20-35,39H,2,5-6,18-19H2. The van der Waals surface area contributed by atoms with Crippen molar-refractivity contribution >= 4 is 38.6 Å². The molecule has 8 aromatic rings. The van der Waals surface area contributed by atoms with Gasteiger partial charge in [-0.05, 0) is 92.4 Å². The van der Waals surface area contributed by atoms with Gasteiger partial charge < -0.3 is 4.90 Å². The molecule has 8 aromatic carbocycles. The van der Waals surface area contributed by atoms with Gasteiger partial charge in [0.1, 0.15) is 0 Å². The number of benzene rings is 8. The molecule has 0 amide bonds. The first-order valence-corrected chi connectivity index (χ1v) is 18.5. The Labute approximate surface area is 301 Å². The van der Waals surface area contributed by atoms with Crippen molar-refractivity contribution in [2.45, 2.75) is 38.0 Å². The average Bonchev–Trinajstić information content (AvgIpc) is 3.21. The van der Waals surface area contributed by atoms with Crippen LogP contribution < -0.4 is 4.90 Å². The van der Waals surface area contributed by atoms with Crippen molar-refractivity contribution in [3.8, 4) is 33.4 Å². The van der Waals surface area contributed by atoms with Crippen molar-refractivity contribution in [2.75, 3.05) is 4.90 Å². The number of nitrogens with zero attached hydrogens (tertiary/aromatic N) is 1. The highest BCUT2D eigenvalue weighted by Gasteiger charge is 2.24. The second-order valence-electron chi connectivity index (χ2n) is 13.9. The predicted octanol–water partition coefficient (Wildman–Crippen LogP) is 14.5. The van der Waals surface area contributed by atoms with E-state index in [9.17, 15) is 0 Å². The van der Waals surface area contributed by atoms with Crippen molar-refractivity contribution in [1.29, 1.82) is 0 Å². The van der Waals surface area contributed by atoms with Crippen molar-refractivity contribution in [1.82, 2.24) is 0 Å². The Bertz CT molecular complexity index is 2450. The lowest BCUT2D eigenvalue weighted by Crippen LogP contribution is -2.12. The van der Waals surface area contributed by atoms with Crippen molar-refractivity contribution in [2.24, 2.45) is 0 Å². The number of para-hydroxylation sites is 2. The molecule has 0 radical (unpaired) electrons. The van der Waals surface area contributed by atoms with E-state index in [1.165, 1.54) is 98.3 Å². The lowest BCUT2D eigenvalue weighted by Gasteiger charge is -2.31. The minimum atomic E-state index is 0.604. The van der Waals surface area contributed by atoms with Gasteiger partial charge in [-0.2, -0.15) is 0 Å². The Balaban J connectivity index is 1.26. The zero-order valence-electron chi connectivity index (χ0n) is 28.9. The summed E-state index contributed by atoms with van der Waals surface area (Å²) in [6.07, 6.45) is 6.53. The Kier molecular flexibility index (Phi) is 8.39. The molecular weight excluding hydrogens is 615 g/mol. The van der Waals surface area contributed by atoms with Crippen molar-refractivity contribution < 1.29 is 0 Å². The molecule has 246 valence electrons. The minimum absolute atomic E-state index is 0.604. The monoisotopic (exact) mass is 655 g/mol. The summed E-state index contributed by atoms with van der Waals surface area (Å²) in [6, 6.07) is 67.0. The van der Waals surface area contributed by atoms with Gasteiger partial charge in [0.25, 0.3) is 0 Å². The van der Waals surface area contributed by atoms with Crippen LogP contribution in [0.3, 0.4) is 0 Å². The van der Waals surface area contributed by atoms with Gasteiger partial charge in [0.15, 0.2) is 0 Å². The highest BCUT2D eigenvalue weighted by atomic mass is 15.1. The zero-order valence-corrected chi connectivity index (χ0v) is 28.9. The summed E-state index contributed by atoms with van der Waals surface area (Å²) >= 11 is 0. The first-order valence-electron chi connectivity index (χ1n) is 18.5. The fourth-order valence-electron chi connectivity index (χ4n) is 8.35. The second kappa shape index (κ2) is 13.8. The maximum absolute atomic E-state index is 2.49. The first-order chi connectivity index (χ1) is 25.3. The predicted molar refractivity (Wildman–Crippen MR) is 218 cm³/mol. The highest BCUT2D eigenvalue weighted by Crippen LogP contribution is 2.48. The summed E-state index contributed by atoms with van der Waals surface area (Å²) in [4.78, 5) is 2.49. The number of fused-ring (bicyclic) bond motifs is 2. The van der Waals surface area contributed by atoms with Crippen LogP contribution in [0.4, 0.5) is 17.1 Å². The summed E-state index contributed by atoms with van der Waals surface area (Å²) in [7, 11) is 0. The molecule has 1 nitrogen and oxygen atoms in total. The summed E-state index contributed by atoms with van der Waals surface area (Å²) in [5, 5.41) is 5.20. The number of rotatable bonds is 7. The van der Waals surface area contributed by atoms with Gasteiger partial charge in [0.05, 0.1) is 11.4 Å². The molecule has 0 aromatic heterocycles. The van der Waals surface area contributed by atoms with Gasteiger partial charge >= 0.3 is 0 Å². The van der Waals surface area contributed by atoms with E-state index >= 15 is 0 Å². The Hall–Kier alpha value is -5.92. The summed E-state index contributed by atoms with van der Waals surface area (Å²) in [5.74, 6) is 0.604. The molecule has 0 N–H and O–H groups in total. The summed E-state index contributed by atoms with van der Waals surface area (Å²) < 4.78 is 0. The Morgan fingerprint density at radius 1 is 0.373 bits per heavy atom. The summed E-state index contributed by atoms with van der Waals surface area (Å²) in [5.41, 5.74) is 12.4. The van der Waals surface area contributed by atoms with E-state index in [0.29, 0.717) is 5.92 Å². The normalized spacial score (nSPS) is 13.4. The van der Waals surface area contributed by atoms with E-state index in [1.54, 1.807) is 0 Å². The summed E-state index contributed by atoms with van der Waals surface area (Å²) in [6.45, 7) is 0. The maximum atomic E-state index is 2.49. The third kappa shape index (κ3) is 6.00. The molecule has 0 saturated heterocycles. The van der Waals surface area contributed by atoms with E-state index < -0.39 is 0 Å². The van der Waals surface area contributed by atoms with Gasteiger partial charge in [0, 0.05) is 16.8 Å². The molecular formula is C50H41N. The second-order valence-corrected chi connectivity index (χ2v) is 13.9. The zero-order chi connectivity index (χ0) is 34.0. The van der Waals surface area contributed by atoms with Gasteiger partial charge in [-0.3, -0.25) is 0 Å². The van der Waals surface area contributed by atoms with Crippen LogP contribution >= 0.6 is 0 Å². The van der Waals surface area contributed by atoms with Crippen LogP contribution in [0, 0.1) is 0 Å². The Morgan fingerprint density at radius 3 is 1.73 bits per heavy atom. The molecule has 51 heavy (non-hydrogen) atoms. The van der Waals surface area contributed by atoms with Gasteiger partial charge in [-0.25, -0.2) is 0 Å². The Morgan fingerprint density at radius 2 is 0.941 bits per heavy atom. The van der Waals surface area contributed by atoms with Crippen LogP contribution in [-0.4, -0.2) is 0 Å². The van der Waals surface area contributed by atoms with Gasteiger partial charge in [-0.1, -0.05) is 177 Å². The van der Waals surface area contributed by atoms with E-state index in [0.717, 1.165) is 11.4 Å². The van der Waals surface area contributed by atoms with Crippen molar-refractivity contribution in [3.63, 3.8) is 0 Å². The first kappa shape index (κ1) is 31.1. The van der Waals surface area contributed by atoms with Crippen LogP contribution in [0.1, 0.15) is 43.6 Å². The maximum Gasteiger partial charge on any atom is 0.0540 e. The molecule has 0 spiro atoms. The van der Waals surface area contributed by atoms with Crippen LogP contribution in [0.2, 0.25) is 0 Å².